The SMILES string of the molecule is COc1ccc(-c2noc(CN3CCN(C(=O)C=Cc4ccc(C)cc4Br)CC3)n2)cc1. The van der Waals surface area contributed by atoms with E-state index >= 15 is 0 Å². The molecular weight excluding hydrogens is 472 g/mol. The molecule has 1 saturated heterocycles. The minimum Gasteiger partial charge on any atom is -0.497 e. The number of hydrogen-bond acceptors (Lipinski definition) is 6. The summed E-state index contributed by atoms with van der Waals surface area (Å²) in [6.45, 7) is 5.45. The molecule has 3 aromatic rings. The molecule has 0 unspecified atom stereocenters. The minimum absolute atomic E-state index is 0.0247. The Hall–Kier alpha value is -2.97. The van der Waals surface area contributed by atoms with Gasteiger partial charge in [0.2, 0.25) is 17.6 Å². The molecule has 0 N–H and O–H groups in total. The molecule has 1 aliphatic rings. The predicted octanol–water partition coefficient (Wildman–Crippen LogP) is 4.17. The van der Waals surface area contributed by atoms with Crippen molar-refractivity contribution in [3.05, 3.63) is 70.0 Å². The Balaban J connectivity index is 1.29. The van der Waals surface area contributed by atoms with Crippen molar-refractivity contribution in [1.82, 2.24) is 19.9 Å². The lowest BCUT2D eigenvalue weighted by Gasteiger charge is -2.33. The van der Waals surface area contributed by atoms with E-state index in [2.05, 4.69) is 31.0 Å². The van der Waals surface area contributed by atoms with Crippen molar-refractivity contribution in [2.45, 2.75) is 13.5 Å². The number of halogens is 1. The number of piperazine rings is 1. The van der Waals surface area contributed by atoms with Gasteiger partial charge < -0.3 is 14.2 Å². The van der Waals surface area contributed by atoms with Crippen LogP contribution in [-0.4, -0.2) is 59.1 Å². The van der Waals surface area contributed by atoms with E-state index in [0.29, 0.717) is 31.3 Å². The highest BCUT2D eigenvalue weighted by Gasteiger charge is 2.21. The van der Waals surface area contributed by atoms with E-state index in [1.165, 1.54) is 5.56 Å². The highest BCUT2D eigenvalue weighted by Crippen LogP contribution is 2.21. The average Bonchev–Trinajstić information content (AvgIpc) is 3.27. The molecule has 1 fully saturated rings. The smallest absolute Gasteiger partial charge is 0.246 e. The van der Waals surface area contributed by atoms with Crippen LogP contribution in [0, 0.1) is 6.92 Å². The van der Waals surface area contributed by atoms with Crippen LogP contribution in [0.4, 0.5) is 0 Å². The third-order valence-corrected chi connectivity index (χ3v) is 6.11. The van der Waals surface area contributed by atoms with Crippen molar-refractivity contribution in [3.8, 4) is 17.1 Å². The molecule has 4 rings (SSSR count). The molecular formula is C24H25BrN4O3. The topological polar surface area (TPSA) is 71.7 Å². The number of benzene rings is 2. The van der Waals surface area contributed by atoms with E-state index < -0.39 is 0 Å². The van der Waals surface area contributed by atoms with Gasteiger partial charge in [0.15, 0.2) is 0 Å². The molecule has 166 valence electrons. The Labute approximate surface area is 195 Å². The predicted molar refractivity (Wildman–Crippen MR) is 126 cm³/mol. The maximum absolute atomic E-state index is 12.6. The van der Waals surface area contributed by atoms with Crippen LogP contribution in [0.2, 0.25) is 0 Å². The largest absolute Gasteiger partial charge is 0.497 e. The maximum atomic E-state index is 12.6. The van der Waals surface area contributed by atoms with Crippen LogP contribution in [0.3, 0.4) is 0 Å². The van der Waals surface area contributed by atoms with E-state index in [1.807, 2.05) is 60.4 Å². The van der Waals surface area contributed by atoms with Gasteiger partial charge in [0, 0.05) is 42.3 Å². The van der Waals surface area contributed by atoms with Crippen LogP contribution in [0.25, 0.3) is 17.5 Å². The van der Waals surface area contributed by atoms with Gasteiger partial charge >= 0.3 is 0 Å². The zero-order valence-electron chi connectivity index (χ0n) is 18.1. The third kappa shape index (κ3) is 5.44. The van der Waals surface area contributed by atoms with Gasteiger partial charge in [-0.05, 0) is 54.5 Å². The summed E-state index contributed by atoms with van der Waals surface area (Å²) < 4.78 is 11.6. The molecule has 0 bridgehead atoms. The minimum atomic E-state index is 0.0247. The molecule has 0 spiro atoms. The lowest BCUT2D eigenvalue weighted by atomic mass is 10.1. The number of methoxy groups -OCH3 is 1. The van der Waals surface area contributed by atoms with Gasteiger partial charge in [-0.2, -0.15) is 4.98 Å². The van der Waals surface area contributed by atoms with Crippen LogP contribution in [0.1, 0.15) is 17.0 Å². The molecule has 2 aromatic carbocycles. The Morgan fingerprint density at radius 2 is 1.91 bits per heavy atom. The van der Waals surface area contributed by atoms with Crippen LogP contribution in [0.5, 0.6) is 5.75 Å². The van der Waals surface area contributed by atoms with E-state index in [1.54, 1.807) is 13.2 Å². The molecule has 1 aliphatic heterocycles. The van der Waals surface area contributed by atoms with E-state index in [4.69, 9.17) is 9.26 Å². The van der Waals surface area contributed by atoms with Crippen molar-refractivity contribution in [2.75, 3.05) is 33.3 Å². The molecule has 7 nitrogen and oxygen atoms in total. The molecule has 0 atom stereocenters. The summed E-state index contributed by atoms with van der Waals surface area (Å²) in [6, 6.07) is 13.6. The number of nitrogens with zero attached hydrogens (tertiary/aromatic N) is 4. The summed E-state index contributed by atoms with van der Waals surface area (Å²) >= 11 is 3.55. The zero-order chi connectivity index (χ0) is 22.5. The second kappa shape index (κ2) is 10.1. The first-order chi connectivity index (χ1) is 15.5. The molecule has 1 aromatic heterocycles. The highest BCUT2D eigenvalue weighted by atomic mass is 79.9. The van der Waals surface area contributed by atoms with Crippen molar-refractivity contribution in [3.63, 3.8) is 0 Å². The standard InChI is InChI=1S/C24H25BrN4O3/c1-17-3-4-18(21(25)15-17)7-10-23(30)29-13-11-28(12-14-29)16-22-26-24(27-32-22)19-5-8-20(31-2)9-6-19/h3-10,15H,11-14,16H2,1-2H3. The van der Waals surface area contributed by atoms with Crippen LogP contribution in [-0.2, 0) is 11.3 Å². The highest BCUT2D eigenvalue weighted by molar-refractivity contribution is 9.10. The maximum Gasteiger partial charge on any atom is 0.246 e. The van der Waals surface area contributed by atoms with Gasteiger partial charge in [0.25, 0.3) is 0 Å². The van der Waals surface area contributed by atoms with Gasteiger partial charge in [0.1, 0.15) is 5.75 Å². The third-order valence-electron chi connectivity index (χ3n) is 5.42. The number of carbonyl (C=O) groups is 1. The van der Waals surface area contributed by atoms with Crippen LogP contribution >= 0.6 is 15.9 Å². The average molecular weight is 497 g/mol. The molecule has 1 amide bonds. The number of aromatic nitrogens is 2. The summed E-state index contributed by atoms with van der Waals surface area (Å²) in [5, 5.41) is 4.09. The van der Waals surface area contributed by atoms with Crippen LogP contribution in [0.15, 0.2) is 57.5 Å². The zero-order valence-corrected chi connectivity index (χ0v) is 19.7. The van der Waals surface area contributed by atoms with Crippen LogP contribution < -0.4 is 4.74 Å². The second-order valence-corrected chi connectivity index (χ2v) is 8.55. The summed E-state index contributed by atoms with van der Waals surface area (Å²) in [6.07, 6.45) is 3.50. The molecule has 32 heavy (non-hydrogen) atoms. The Bertz CT molecular complexity index is 1100. The first-order valence-electron chi connectivity index (χ1n) is 10.4. The number of rotatable bonds is 6. The van der Waals surface area contributed by atoms with Gasteiger partial charge in [0.05, 0.1) is 13.7 Å². The number of ether oxygens (including phenoxy) is 1. The fourth-order valence-corrected chi connectivity index (χ4v) is 4.15. The van der Waals surface area contributed by atoms with E-state index in [9.17, 15) is 4.79 Å². The van der Waals surface area contributed by atoms with E-state index in [-0.39, 0.29) is 5.91 Å². The quantitative estimate of drug-likeness (QED) is 0.476. The van der Waals surface area contributed by atoms with Crippen molar-refractivity contribution in [2.24, 2.45) is 0 Å². The van der Waals surface area contributed by atoms with Gasteiger partial charge in [-0.1, -0.05) is 33.2 Å². The molecule has 0 radical (unpaired) electrons. The Morgan fingerprint density at radius 1 is 1.16 bits per heavy atom. The fourth-order valence-electron chi connectivity index (χ4n) is 3.53. The van der Waals surface area contributed by atoms with Gasteiger partial charge in [-0.3, -0.25) is 9.69 Å². The molecule has 2 heterocycles. The number of hydrogen-bond donors (Lipinski definition) is 0. The molecule has 0 saturated carbocycles. The Morgan fingerprint density at radius 3 is 2.59 bits per heavy atom. The monoisotopic (exact) mass is 496 g/mol. The normalized spacial score (nSPS) is 14.8. The first kappa shape index (κ1) is 22.2. The van der Waals surface area contributed by atoms with Crippen molar-refractivity contribution in [1.29, 1.82) is 0 Å². The second-order valence-electron chi connectivity index (χ2n) is 7.70. The Kier molecular flexibility index (Phi) is 7.02. The summed E-state index contributed by atoms with van der Waals surface area (Å²) in [5.74, 6) is 1.94. The van der Waals surface area contributed by atoms with Gasteiger partial charge in [-0.15, -0.1) is 0 Å². The first-order valence-corrected chi connectivity index (χ1v) is 11.2. The van der Waals surface area contributed by atoms with Crippen molar-refractivity contribution < 1.29 is 14.1 Å². The summed E-state index contributed by atoms with van der Waals surface area (Å²) in [7, 11) is 1.63. The molecule has 0 aliphatic carbocycles. The summed E-state index contributed by atoms with van der Waals surface area (Å²) in [5.41, 5.74) is 3.05. The number of amides is 1. The lowest BCUT2D eigenvalue weighted by Crippen LogP contribution is -2.47. The van der Waals surface area contributed by atoms with Crippen molar-refractivity contribution >= 4 is 27.9 Å². The number of aryl methyl sites for hydroxylation is 1. The molecule has 8 heteroatoms. The number of carbonyl (C=O) groups excluding carboxylic acids is 1. The van der Waals surface area contributed by atoms with Gasteiger partial charge in [-0.25, -0.2) is 0 Å². The lowest BCUT2D eigenvalue weighted by molar-refractivity contribution is -0.127. The fraction of sp³-hybridized carbons (Fsp3) is 0.292. The van der Waals surface area contributed by atoms with E-state index in [0.717, 1.165) is 34.4 Å². The summed E-state index contributed by atoms with van der Waals surface area (Å²) in [4.78, 5) is 21.2.